The van der Waals surface area contributed by atoms with E-state index in [1.165, 1.54) is 13.2 Å². The Bertz CT molecular complexity index is 583. The van der Waals surface area contributed by atoms with Crippen molar-refractivity contribution < 1.29 is 14.2 Å². The minimum atomic E-state index is -0.349. The summed E-state index contributed by atoms with van der Waals surface area (Å²) < 4.78 is 9.49. The van der Waals surface area contributed by atoms with Gasteiger partial charge in [-0.1, -0.05) is 16.8 Å². The molecule has 2 aromatic rings. The highest BCUT2D eigenvalue weighted by Gasteiger charge is 2.13. The van der Waals surface area contributed by atoms with Gasteiger partial charge in [0.05, 0.1) is 12.1 Å². The van der Waals surface area contributed by atoms with Gasteiger partial charge in [-0.2, -0.15) is 0 Å². The number of aromatic nitrogens is 2. The number of ether oxygens (including phenoxy) is 1. The maximum Gasteiger partial charge on any atom is 0.257 e. The third kappa shape index (κ3) is 2.43. The third-order valence-electron chi connectivity index (χ3n) is 2.30. The number of methoxy groups -OCH3 is 1. The third-order valence-corrected chi connectivity index (χ3v) is 2.59. The van der Waals surface area contributed by atoms with Crippen molar-refractivity contribution in [3.63, 3.8) is 0 Å². The number of nitrogens with zero attached hydrogens (tertiary/aromatic N) is 2. The van der Waals surface area contributed by atoms with Gasteiger partial charge >= 0.3 is 0 Å². The zero-order chi connectivity index (χ0) is 13.1. The maximum atomic E-state index is 11.9. The molecular formula is C11H10ClN3O3. The molecule has 0 unspecified atom stereocenters. The van der Waals surface area contributed by atoms with Crippen LogP contribution in [0.3, 0.4) is 0 Å². The summed E-state index contributed by atoms with van der Waals surface area (Å²) in [6.07, 6.45) is 0. The van der Waals surface area contributed by atoms with Crippen molar-refractivity contribution in [2.45, 2.75) is 6.92 Å². The first-order valence-corrected chi connectivity index (χ1v) is 5.43. The first-order chi connectivity index (χ1) is 8.61. The summed E-state index contributed by atoms with van der Waals surface area (Å²) in [7, 11) is 1.51. The van der Waals surface area contributed by atoms with Gasteiger partial charge in [0.1, 0.15) is 11.4 Å². The van der Waals surface area contributed by atoms with Gasteiger partial charge in [0.15, 0.2) is 0 Å². The molecule has 0 spiro atoms. The highest BCUT2D eigenvalue weighted by molar-refractivity contribution is 6.32. The summed E-state index contributed by atoms with van der Waals surface area (Å²) in [6.45, 7) is 1.67. The van der Waals surface area contributed by atoms with Gasteiger partial charge in [-0.3, -0.25) is 4.79 Å². The van der Waals surface area contributed by atoms with Gasteiger partial charge in [-0.05, 0) is 30.3 Å². The van der Waals surface area contributed by atoms with Crippen LogP contribution in [-0.2, 0) is 0 Å². The van der Waals surface area contributed by atoms with Crippen molar-refractivity contribution in [3.8, 4) is 5.75 Å². The lowest BCUT2D eigenvalue weighted by molar-refractivity contribution is 0.102. The molecule has 0 aliphatic rings. The van der Waals surface area contributed by atoms with E-state index in [1.807, 2.05) is 0 Å². The molecular weight excluding hydrogens is 258 g/mol. The van der Waals surface area contributed by atoms with Crippen molar-refractivity contribution in [1.82, 2.24) is 10.3 Å². The van der Waals surface area contributed by atoms with E-state index in [9.17, 15) is 4.79 Å². The lowest BCUT2D eigenvalue weighted by atomic mass is 10.2. The first kappa shape index (κ1) is 12.4. The molecule has 0 bridgehead atoms. The molecule has 1 heterocycles. The number of hydrogen-bond donors (Lipinski definition) is 1. The second kappa shape index (κ2) is 5.05. The summed E-state index contributed by atoms with van der Waals surface area (Å²) >= 11 is 5.94. The molecule has 18 heavy (non-hydrogen) atoms. The molecule has 2 rings (SSSR count). The molecule has 0 aliphatic carbocycles. The minimum absolute atomic E-state index is 0.284. The maximum absolute atomic E-state index is 11.9. The molecule has 6 nitrogen and oxygen atoms in total. The fraction of sp³-hybridized carbons (Fsp3) is 0.182. The van der Waals surface area contributed by atoms with Crippen molar-refractivity contribution in [2.75, 3.05) is 12.4 Å². The largest absolute Gasteiger partial charge is 0.495 e. The molecule has 7 heteroatoms. The molecule has 0 aliphatic heterocycles. The molecule has 0 atom stereocenters. The van der Waals surface area contributed by atoms with Crippen LogP contribution in [-0.4, -0.2) is 23.3 Å². The van der Waals surface area contributed by atoms with Crippen molar-refractivity contribution >= 4 is 23.3 Å². The van der Waals surface area contributed by atoms with Crippen molar-refractivity contribution in [3.05, 3.63) is 34.5 Å². The Kier molecular flexibility index (Phi) is 3.47. The normalized spacial score (nSPS) is 10.2. The molecule has 0 radical (unpaired) electrons. The Hall–Kier alpha value is -2.08. The lowest BCUT2D eigenvalue weighted by Gasteiger charge is -2.05. The van der Waals surface area contributed by atoms with Crippen molar-refractivity contribution in [1.29, 1.82) is 0 Å². The molecule has 1 N–H and O–H groups in total. The number of benzene rings is 1. The Balaban J connectivity index is 2.19. The van der Waals surface area contributed by atoms with Gasteiger partial charge in [-0.15, -0.1) is 0 Å². The number of nitrogens with one attached hydrogen (secondary N) is 1. The van der Waals surface area contributed by atoms with Crippen LogP contribution in [0.4, 0.5) is 5.82 Å². The average Bonchev–Trinajstić information content (AvgIpc) is 2.75. The van der Waals surface area contributed by atoms with Gasteiger partial charge in [0.25, 0.3) is 5.91 Å². The van der Waals surface area contributed by atoms with Crippen LogP contribution in [0.2, 0.25) is 5.02 Å². The van der Waals surface area contributed by atoms with E-state index < -0.39 is 0 Å². The smallest absolute Gasteiger partial charge is 0.257 e. The zero-order valence-corrected chi connectivity index (χ0v) is 10.5. The average molecular weight is 268 g/mol. The first-order valence-electron chi connectivity index (χ1n) is 5.06. The number of hydrogen-bond acceptors (Lipinski definition) is 5. The fourth-order valence-electron chi connectivity index (χ4n) is 1.33. The van der Waals surface area contributed by atoms with E-state index in [-0.39, 0.29) is 11.7 Å². The van der Waals surface area contributed by atoms with E-state index in [2.05, 4.69) is 20.3 Å². The van der Waals surface area contributed by atoms with Crippen LogP contribution in [0.25, 0.3) is 0 Å². The number of carbonyl (C=O) groups excluding carboxylic acids is 1. The molecule has 94 valence electrons. The van der Waals surface area contributed by atoms with Gasteiger partial charge in [0, 0.05) is 5.56 Å². The summed E-state index contributed by atoms with van der Waals surface area (Å²) in [4.78, 5) is 11.9. The summed E-state index contributed by atoms with van der Waals surface area (Å²) in [5.74, 6) is 0.442. The van der Waals surface area contributed by atoms with Crippen molar-refractivity contribution in [2.24, 2.45) is 0 Å². The van der Waals surface area contributed by atoms with E-state index >= 15 is 0 Å². The van der Waals surface area contributed by atoms with Crippen LogP contribution in [0.5, 0.6) is 5.75 Å². The van der Waals surface area contributed by atoms with E-state index in [0.717, 1.165) is 0 Å². The molecule has 0 saturated carbocycles. The Morgan fingerprint density at radius 3 is 2.78 bits per heavy atom. The molecule has 0 fully saturated rings. The minimum Gasteiger partial charge on any atom is -0.495 e. The summed E-state index contributed by atoms with van der Waals surface area (Å²) in [6, 6.07) is 4.73. The van der Waals surface area contributed by atoms with Gasteiger partial charge < -0.3 is 10.1 Å². The number of halogens is 1. The Morgan fingerprint density at radius 1 is 1.44 bits per heavy atom. The SMILES string of the molecule is COc1ccc(C(=O)Nc2nonc2C)cc1Cl. The predicted molar refractivity (Wildman–Crippen MR) is 65.0 cm³/mol. The molecule has 0 saturated heterocycles. The Morgan fingerprint density at radius 2 is 2.22 bits per heavy atom. The quantitative estimate of drug-likeness (QED) is 0.923. The zero-order valence-electron chi connectivity index (χ0n) is 9.73. The fourth-order valence-corrected chi connectivity index (χ4v) is 1.59. The molecule has 1 amide bonds. The van der Waals surface area contributed by atoms with E-state index in [4.69, 9.17) is 16.3 Å². The number of rotatable bonds is 3. The number of amides is 1. The van der Waals surface area contributed by atoms with Crippen LogP contribution < -0.4 is 10.1 Å². The monoisotopic (exact) mass is 267 g/mol. The highest BCUT2D eigenvalue weighted by atomic mass is 35.5. The van der Waals surface area contributed by atoms with Crippen LogP contribution in [0, 0.1) is 6.92 Å². The Labute approximate surface area is 108 Å². The second-order valence-electron chi connectivity index (χ2n) is 3.50. The van der Waals surface area contributed by atoms with Crippen LogP contribution >= 0.6 is 11.6 Å². The van der Waals surface area contributed by atoms with Gasteiger partial charge in [-0.25, -0.2) is 4.63 Å². The summed E-state index contributed by atoms with van der Waals surface area (Å²) in [5, 5.41) is 10.0. The number of aryl methyl sites for hydroxylation is 1. The van der Waals surface area contributed by atoms with Crippen LogP contribution in [0.1, 0.15) is 16.1 Å². The summed E-state index contributed by atoms with van der Waals surface area (Å²) in [5.41, 5.74) is 0.895. The second-order valence-corrected chi connectivity index (χ2v) is 3.91. The predicted octanol–water partition coefficient (Wildman–Crippen LogP) is 2.29. The molecule has 1 aromatic heterocycles. The highest BCUT2D eigenvalue weighted by Crippen LogP contribution is 2.25. The number of anilines is 1. The standard InChI is InChI=1S/C11H10ClN3O3/c1-6-10(15-18-14-6)13-11(16)7-3-4-9(17-2)8(12)5-7/h3-5H,1-2H3,(H,13,15,16). The van der Waals surface area contributed by atoms with E-state index in [0.29, 0.717) is 22.0 Å². The topological polar surface area (TPSA) is 77.2 Å². The lowest BCUT2D eigenvalue weighted by Crippen LogP contribution is -2.12. The van der Waals surface area contributed by atoms with Gasteiger partial charge in [0.2, 0.25) is 5.82 Å². The molecule has 1 aromatic carbocycles. The number of carbonyl (C=O) groups is 1. The van der Waals surface area contributed by atoms with Crippen LogP contribution in [0.15, 0.2) is 22.8 Å². The van der Waals surface area contributed by atoms with E-state index in [1.54, 1.807) is 19.1 Å².